The highest BCUT2D eigenvalue weighted by Crippen LogP contribution is 2.39. The largest absolute Gasteiger partial charge is 0.497 e. The van der Waals surface area contributed by atoms with E-state index in [2.05, 4.69) is 39.0 Å². The Hall–Kier alpha value is -1.91. The van der Waals surface area contributed by atoms with E-state index in [0.717, 1.165) is 18.8 Å². The molecule has 0 amide bonds. The second kappa shape index (κ2) is 7.77. The van der Waals surface area contributed by atoms with Crippen molar-refractivity contribution in [3.8, 4) is 5.75 Å². The van der Waals surface area contributed by atoms with Crippen molar-refractivity contribution in [3.63, 3.8) is 0 Å². The van der Waals surface area contributed by atoms with E-state index in [1.165, 1.54) is 56.6 Å². The van der Waals surface area contributed by atoms with Crippen LogP contribution < -0.4 is 4.74 Å². The van der Waals surface area contributed by atoms with Gasteiger partial charge in [0.05, 0.1) is 7.11 Å². The van der Waals surface area contributed by atoms with Crippen LogP contribution in [0.1, 0.15) is 30.4 Å². The zero-order chi connectivity index (χ0) is 17.8. The van der Waals surface area contributed by atoms with E-state index < -0.39 is 0 Å². The van der Waals surface area contributed by atoms with Crippen LogP contribution in [0.5, 0.6) is 5.75 Å². The molecule has 0 unspecified atom stereocenters. The molecule has 0 saturated carbocycles. The fourth-order valence-corrected chi connectivity index (χ4v) is 4.72. The minimum absolute atomic E-state index is 0.472. The summed E-state index contributed by atoms with van der Waals surface area (Å²) < 4.78 is 5.38. The van der Waals surface area contributed by atoms with Crippen molar-refractivity contribution in [2.45, 2.75) is 32.4 Å². The number of rotatable bonds is 5. The summed E-state index contributed by atoms with van der Waals surface area (Å²) >= 11 is 0. The molecule has 4 nitrogen and oxygen atoms in total. The van der Waals surface area contributed by atoms with Crippen LogP contribution in [0, 0.1) is 5.41 Å². The summed E-state index contributed by atoms with van der Waals surface area (Å²) in [5.41, 5.74) is 3.15. The van der Waals surface area contributed by atoms with Gasteiger partial charge >= 0.3 is 0 Å². The van der Waals surface area contributed by atoms with E-state index in [0.29, 0.717) is 5.41 Å². The fourth-order valence-electron chi connectivity index (χ4n) is 4.72. The van der Waals surface area contributed by atoms with Gasteiger partial charge in [0, 0.05) is 38.6 Å². The Morgan fingerprint density at radius 1 is 1.00 bits per heavy atom. The lowest BCUT2D eigenvalue weighted by molar-refractivity contribution is 0.0866. The second-order valence-corrected chi connectivity index (χ2v) is 7.99. The van der Waals surface area contributed by atoms with Crippen LogP contribution >= 0.6 is 0 Å². The molecule has 3 heterocycles. The minimum Gasteiger partial charge on any atom is -0.497 e. The van der Waals surface area contributed by atoms with Crippen LogP contribution in [0.3, 0.4) is 0 Å². The molecule has 0 aliphatic carbocycles. The summed E-state index contributed by atoms with van der Waals surface area (Å²) in [6.07, 6.45) is 7.85. The number of likely N-dealkylation sites (tertiary alicyclic amines) is 2. The average Bonchev–Trinajstić information content (AvgIpc) is 3.04. The minimum atomic E-state index is 0.472. The van der Waals surface area contributed by atoms with E-state index >= 15 is 0 Å². The molecule has 2 fully saturated rings. The third kappa shape index (κ3) is 4.08. The Morgan fingerprint density at radius 3 is 2.62 bits per heavy atom. The first kappa shape index (κ1) is 17.5. The van der Waals surface area contributed by atoms with Gasteiger partial charge in [-0.2, -0.15) is 0 Å². The molecule has 1 aromatic carbocycles. The van der Waals surface area contributed by atoms with Crippen molar-refractivity contribution in [1.29, 1.82) is 0 Å². The summed E-state index contributed by atoms with van der Waals surface area (Å²) in [6.45, 7) is 6.92. The fraction of sp³-hybridized carbons (Fsp3) is 0.500. The quantitative estimate of drug-likeness (QED) is 0.823. The maximum Gasteiger partial charge on any atom is 0.119 e. The first-order valence-electron chi connectivity index (χ1n) is 9.71. The molecule has 0 N–H and O–H groups in total. The number of pyridine rings is 1. The number of piperidine rings is 1. The summed E-state index contributed by atoms with van der Waals surface area (Å²) in [5, 5.41) is 0. The number of hydrogen-bond donors (Lipinski definition) is 0. The van der Waals surface area contributed by atoms with E-state index in [-0.39, 0.29) is 0 Å². The van der Waals surface area contributed by atoms with Crippen molar-refractivity contribution in [1.82, 2.24) is 14.8 Å². The number of nitrogens with zero attached hydrogens (tertiary/aromatic N) is 3. The molecule has 26 heavy (non-hydrogen) atoms. The van der Waals surface area contributed by atoms with Crippen LogP contribution in [0.4, 0.5) is 0 Å². The van der Waals surface area contributed by atoms with Crippen molar-refractivity contribution < 1.29 is 4.74 Å². The van der Waals surface area contributed by atoms with Gasteiger partial charge in [-0.3, -0.25) is 14.8 Å². The maximum atomic E-state index is 5.38. The van der Waals surface area contributed by atoms with Gasteiger partial charge in [0.15, 0.2) is 0 Å². The summed E-state index contributed by atoms with van der Waals surface area (Å²) in [6, 6.07) is 12.7. The molecule has 1 spiro atoms. The highest BCUT2D eigenvalue weighted by molar-refractivity contribution is 5.28. The average molecular weight is 351 g/mol. The van der Waals surface area contributed by atoms with Gasteiger partial charge < -0.3 is 4.74 Å². The molecule has 138 valence electrons. The molecule has 4 rings (SSSR count). The zero-order valence-electron chi connectivity index (χ0n) is 15.7. The SMILES string of the molecule is COc1cccc(CN2CCC[C@]3(CCN(Cc4cccnc4)C3)C2)c1. The first-order valence-corrected chi connectivity index (χ1v) is 9.71. The van der Waals surface area contributed by atoms with E-state index in [1.807, 2.05) is 24.5 Å². The lowest BCUT2D eigenvalue weighted by Gasteiger charge is -2.40. The Kier molecular flexibility index (Phi) is 5.23. The number of aromatic nitrogens is 1. The van der Waals surface area contributed by atoms with Crippen molar-refractivity contribution in [2.24, 2.45) is 5.41 Å². The van der Waals surface area contributed by atoms with Gasteiger partial charge in [0.1, 0.15) is 5.75 Å². The molecule has 0 radical (unpaired) electrons. The normalized spacial score (nSPS) is 24.2. The van der Waals surface area contributed by atoms with Crippen LogP contribution in [0.15, 0.2) is 48.8 Å². The summed E-state index contributed by atoms with van der Waals surface area (Å²) in [4.78, 5) is 9.52. The highest BCUT2D eigenvalue weighted by atomic mass is 16.5. The number of hydrogen-bond acceptors (Lipinski definition) is 4. The van der Waals surface area contributed by atoms with Crippen molar-refractivity contribution in [2.75, 3.05) is 33.3 Å². The topological polar surface area (TPSA) is 28.6 Å². The lowest BCUT2D eigenvalue weighted by atomic mass is 9.79. The van der Waals surface area contributed by atoms with Crippen LogP contribution in [-0.2, 0) is 13.1 Å². The molecule has 0 bridgehead atoms. The molecule has 2 saturated heterocycles. The predicted molar refractivity (Wildman–Crippen MR) is 104 cm³/mol. The van der Waals surface area contributed by atoms with Gasteiger partial charge in [-0.05, 0) is 67.1 Å². The molecule has 2 aliphatic heterocycles. The van der Waals surface area contributed by atoms with Crippen LogP contribution in [0.25, 0.3) is 0 Å². The van der Waals surface area contributed by atoms with Gasteiger partial charge in [0.2, 0.25) is 0 Å². The standard InChI is InChI=1S/C22H29N3O/c1-26-21-7-2-5-19(13-21)15-24-11-4-8-22(17-24)9-12-25(18-22)16-20-6-3-10-23-14-20/h2-3,5-7,10,13-14H,4,8-9,11-12,15-18H2,1H3/t22-/m0/s1. The van der Waals surface area contributed by atoms with Gasteiger partial charge in [-0.15, -0.1) is 0 Å². The lowest BCUT2D eigenvalue weighted by Crippen LogP contribution is -2.44. The van der Waals surface area contributed by atoms with E-state index in [9.17, 15) is 0 Å². The summed E-state index contributed by atoms with van der Waals surface area (Å²) in [5.74, 6) is 0.956. The van der Waals surface area contributed by atoms with Gasteiger partial charge in [-0.25, -0.2) is 0 Å². The molecule has 4 heteroatoms. The van der Waals surface area contributed by atoms with Crippen LogP contribution in [0.2, 0.25) is 0 Å². The summed E-state index contributed by atoms with van der Waals surface area (Å²) in [7, 11) is 1.74. The smallest absolute Gasteiger partial charge is 0.119 e. The van der Waals surface area contributed by atoms with E-state index in [1.54, 1.807) is 7.11 Å². The van der Waals surface area contributed by atoms with Gasteiger partial charge in [0.25, 0.3) is 0 Å². The molecular weight excluding hydrogens is 322 g/mol. The maximum absolute atomic E-state index is 5.38. The van der Waals surface area contributed by atoms with Crippen molar-refractivity contribution >= 4 is 0 Å². The van der Waals surface area contributed by atoms with Crippen molar-refractivity contribution in [3.05, 3.63) is 59.9 Å². The first-order chi connectivity index (χ1) is 12.7. The third-order valence-electron chi connectivity index (χ3n) is 5.93. The third-order valence-corrected chi connectivity index (χ3v) is 5.93. The Bertz CT molecular complexity index is 720. The Labute approximate surface area is 156 Å². The number of benzene rings is 1. The molecular formula is C22H29N3O. The Balaban J connectivity index is 1.37. The highest BCUT2D eigenvalue weighted by Gasteiger charge is 2.41. The zero-order valence-corrected chi connectivity index (χ0v) is 15.7. The van der Waals surface area contributed by atoms with E-state index in [4.69, 9.17) is 4.74 Å². The molecule has 2 aliphatic rings. The van der Waals surface area contributed by atoms with Crippen LogP contribution in [-0.4, -0.2) is 48.1 Å². The Morgan fingerprint density at radius 2 is 1.81 bits per heavy atom. The monoisotopic (exact) mass is 351 g/mol. The molecule has 1 atom stereocenters. The predicted octanol–water partition coefficient (Wildman–Crippen LogP) is 3.58. The second-order valence-electron chi connectivity index (χ2n) is 7.99. The number of ether oxygens (including phenoxy) is 1. The molecule has 2 aromatic rings. The molecule has 1 aromatic heterocycles. The van der Waals surface area contributed by atoms with Gasteiger partial charge in [-0.1, -0.05) is 18.2 Å². The number of methoxy groups -OCH3 is 1.